The predicted octanol–water partition coefficient (Wildman–Crippen LogP) is 3.99. The van der Waals surface area contributed by atoms with Crippen LogP contribution in [0, 0.1) is 10.1 Å². The third-order valence-electron chi connectivity index (χ3n) is 3.00. The lowest BCUT2D eigenvalue weighted by Gasteiger charge is -2.09. The van der Waals surface area contributed by atoms with Gasteiger partial charge in [-0.2, -0.15) is 0 Å². The number of rotatable bonds is 5. The number of benzene rings is 2. The molecule has 0 bridgehead atoms. The summed E-state index contributed by atoms with van der Waals surface area (Å²) >= 11 is 3.30. The van der Waals surface area contributed by atoms with Gasteiger partial charge in [0.05, 0.1) is 11.0 Å². The number of aliphatic hydroxyl groups is 1. The Morgan fingerprint density at radius 3 is 2.48 bits per heavy atom. The first kappa shape index (κ1) is 15.5. The van der Waals surface area contributed by atoms with Crippen molar-refractivity contribution >= 4 is 21.6 Å². The minimum atomic E-state index is -0.511. The van der Waals surface area contributed by atoms with Gasteiger partial charge >= 0.3 is 0 Å². The summed E-state index contributed by atoms with van der Waals surface area (Å²) in [4.78, 5) is 10.2. The van der Waals surface area contributed by atoms with E-state index < -0.39 is 11.0 Å². The Hall–Kier alpha value is -1.92. The van der Waals surface area contributed by atoms with Crippen LogP contribution in [0.3, 0.4) is 0 Å². The number of aliphatic hydroxyl groups excluding tert-OH is 1. The largest absolute Gasteiger partial charge is 0.489 e. The Bertz CT molecular complexity index is 641. The minimum absolute atomic E-state index is 0.0342. The number of non-ortho nitro benzene ring substituents is 1. The molecule has 0 spiro atoms. The topological polar surface area (TPSA) is 72.6 Å². The van der Waals surface area contributed by atoms with Gasteiger partial charge in [-0.15, -0.1) is 0 Å². The highest BCUT2D eigenvalue weighted by atomic mass is 79.9. The van der Waals surface area contributed by atoms with E-state index in [4.69, 9.17) is 4.74 Å². The summed E-state index contributed by atoms with van der Waals surface area (Å²) in [6.07, 6.45) is -0.511. The van der Waals surface area contributed by atoms with Gasteiger partial charge in [0.2, 0.25) is 0 Å². The molecule has 0 aromatic heterocycles. The zero-order valence-corrected chi connectivity index (χ0v) is 12.9. The van der Waals surface area contributed by atoms with E-state index >= 15 is 0 Å². The van der Waals surface area contributed by atoms with E-state index in [0.29, 0.717) is 16.8 Å². The zero-order chi connectivity index (χ0) is 15.4. The number of nitrogens with zero attached hydrogens (tertiary/aromatic N) is 1. The van der Waals surface area contributed by atoms with Crippen molar-refractivity contribution in [3.8, 4) is 5.75 Å². The Morgan fingerprint density at radius 2 is 1.95 bits per heavy atom. The zero-order valence-electron chi connectivity index (χ0n) is 11.3. The normalized spacial score (nSPS) is 12.0. The maximum absolute atomic E-state index is 10.7. The molecule has 110 valence electrons. The SMILES string of the molecule is C[C@H](O)c1ccc(OCc2ccc([N+](=O)[O-])cc2Br)cc1. The van der Waals surface area contributed by atoms with Crippen LogP contribution >= 0.6 is 15.9 Å². The molecule has 0 saturated carbocycles. The van der Waals surface area contributed by atoms with Crippen molar-refractivity contribution < 1.29 is 14.8 Å². The standard InChI is InChI=1S/C15H14BrNO4/c1-10(18)11-3-6-14(7-4-11)21-9-12-2-5-13(17(19)20)8-15(12)16/h2-8,10,18H,9H2,1H3/t10-/m0/s1. The van der Waals surface area contributed by atoms with E-state index in [9.17, 15) is 15.2 Å². The van der Waals surface area contributed by atoms with Gasteiger partial charge in [-0.3, -0.25) is 10.1 Å². The van der Waals surface area contributed by atoms with Gasteiger partial charge < -0.3 is 9.84 Å². The maximum atomic E-state index is 10.7. The summed E-state index contributed by atoms with van der Waals surface area (Å²) < 4.78 is 6.26. The highest BCUT2D eigenvalue weighted by Crippen LogP contribution is 2.25. The number of nitro benzene ring substituents is 1. The lowest BCUT2D eigenvalue weighted by Crippen LogP contribution is -1.98. The van der Waals surface area contributed by atoms with E-state index in [0.717, 1.165) is 11.1 Å². The second-order valence-electron chi connectivity index (χ2n) is 4.57. The Balaban J connectivity index is 2.04. The van der Waals surface area contributed by atoms with Crippen LogP contribution in [0.25, 0.3) is 0 Å². The van der Waals surface area contributed by atoms with Crippen LogP contribution in [-0.4, -0.2) is 10.0 Å². The van der Waals surface area contributed by atoms with Crippen molar-refractivity contribution in [1.29, 1.82) is 0 Å². The fourth-order valence-electron chi connectivity index (χ4n) is 1.77. The molecule has 0 saturated heterocycles. The van der Waals surface area contributed by atoms with Crippen molar-refractivity contribution in [1.82, 2.24) is 0 Å². The third-order valence-corrected chi connectivity index (χ3v) is 3.74. The molecule has 5 nitrogen and oxygen atoms in total. The average Bonchev–Trinajstić information content (AvgIpc) is 2.46. The molecule has 2 aromatic carbocycles. The van der Waals surface area contributed by atoms with Gasteiger partial charge in [0, 0.05) is 22.2 Å². The maximum Gasteiger partial charge on any atom is 0.270 e. The second-order valence-corrected chi connectivity index (χ2v) is 5.42. The van der Waals surface area contributed by atoms with Crippen molar-refractivity contribution in [3.05, 3.63) is 68.2 Å². The summed E-state index contributed by atoms with van der Waals surface area (Å²) in [6.45, 7) is 2.00. The van der Waals surface area contributed by atoms with Crippen molar-refractivity contribution in [2.45, 2.75) is 19.6 Å². The molecule has 6 heteroatoms. The second kappa shape index (κ2) is 6.69. The van der Waals surface area contributed by atoms with Gasteiger partial charge in [0.1, 0.15) is 12.4 Å². The van der Waals surface area contributed by atoms with Gasteiger partial charge in [-0.1, -0.05) is 28.1 Å². The number of halogens is 1. The summed E-state index contributed by atoms with van der Waals surface area (Å²) in [5.74, 6) is 0.671. The highest BCUT2D eigenvalue weighted by Gasteiger charge is 2.09. The van der Waals surface area contributed by atoms with Gasteiger partial charge in [-0.05, 0) is 30.7 Å². The molecule has 0 aliphatic rings. The van der Waals surface area contributed by atoms with Crippen LogP contribution in [0.5, 0.6) is 5.75 Å². The van der Waals surface area contributed by atoms with Crippen molar-refractivity contribution in [3.63, 3.8) is 0 Å². The first-order chi connectivity index (χ1) is 9.97. The lowest BCUT2D eigenvalue weighted by molar-refractivity contribution is -0.384. The van der Waals surface area contributed by atoms with Gasteiger partial charge in [0.15, 0.2) is 0 Å². The molecule has 0 aliphatic heterocycles. The molecule has 21 heavy (non-hydrogen) atoms. The van der Waals surface area contributed by atoms with Crippen LogP contribution in [-0.2, 0) is 6.61 Å². The quantitative estimate of drug-likeness (QED) is 0.652. The minimum Gasteiger partial charge on any atom is -0.489 e. The van der Waals surface area contributed by atoms with Crippen LogP contribution in [0.2, 0.25) is 0 Å². The number of ether oxygens (including phenoxy) is 1. The smallest absolute Gasteiger partial charge is 0.270 e. The van der Waals surface area contributed by atoms with Crippen LogP contribution < -0.4 is 4.74 Å². The molecule has 0 aliphatic carbocycles. The van der Waals surface area contributed by atoms with Gasteiger partial charge in [0.25, 0.3) is 5.69 Å². The molecule has 1 N–H and O–H groups in total. The molecular formula is C15H14BrNO4. The summed E-state index contributed by atoms with van der Waals surface area (Å²) in [5, 5.41) is 20.1. The molecule has 2 rings (SSSR count). The highest BCUT2D eigenvalue weighted by molar-refractivity contribution is 9.10. The molecule has 2 aromatic rings. The molecule has 0 fully saturated rings. The molecule has 0 heterocycles. The molecule has 1 atom stereocenters. The third kappa shape index (κ3) is 4.03. The van der Waals surface area contributed by atoms with Crippen molar-refractivity contribution in [2.75, 3.05) is 0 Å². The first-order valence-corrected chi connectivity index (χ1v) is 7.10. The summed E-state index contributed by atoms with van der Waals surface area (Å²) in [6, 6.07) is 11.7. The average molecular weight is 352 g/mol. The molecular weight excluding hydrogens is 338 g/mol. The van der Waals surface area contributed by atoms with Crippen LogP contribution in [0.1, 0.15) is 24.2 Å². The fraction of sp³-hybridized carbons (Fsp3) is 0.200. The van der Waals surface area contributed by atoms with E-state index in [1.807, 2.05) is 0 Å². The predicted molar refractivity (Wildman–Crippen MR) is 82.2 cm³/mol. The number of hydrogen-bond acceptors (Lipinski definition) is 4. The molecule has 0 radical (unpaired) electrons. The number of nitro groups is 1. The first-order valence-electron chi connectivity index (χ1n) is 6.31. The van der Waals surface area contributed by atoms with Crippen LogP contribution in [0.15, 0.2) is 46.9 Å². The Labute approximate surface area is 130 Å². The molecule has 0 unspecified atom stereocenters. The van der Waals surface area contributed by atoms with Crippen molar-refractivity contribution in [2.24, 2.45) is 0 Å². The molecule has 0 amide bonds. The lowest BCUT2D eigenvalue weighted by atomic mass is 10.1. The monoisotopic (exact) mass is 351 g/mol. The van der Waals surface area contributed by atoms with E-state index in [1.165, 1.54) is 12.1 Å². The fourth-order valence-corrected chi connectivity index (χ4v) is 2.25. The summed E-state index contributed by atoms with van der Waals surface area (Å²) in [7, 11) is 0. The van der Waals surface area contributed by atoms with E-state index in [1.54, 1.807) is 37.3 Å². The summed E-state index contributed by atoms with van der Waals surface area (Å²) in [5.41, 5.74) is 1.67. The Kier molecular flexibility index (Phi) is 4.93. The van der Waals surface area contributed by atoms with Gasteiger partial charge in [-0.25, -0.2) is 0 Å². The van der Waals surface area contributed by atoms with E-state index in [2.05, 4.69) is 15.9 Å². The van der Waals surface area contributed by atoms with Crippen LogP contribution in [0.4, 0.5) is 5.69 Å². The van der Waals surface area contributed by atoms with E-state index in [-0.39, 0.29) is 5.69 Å². The number of hydrogen-bond donors (Lipinski definition) is 1. The Morgan fingerprint density at radius 1 is 1.29 bits per heavy atom.